The van der Waals surface area contributed by atoms with Crippen molar-refractivity contribution in [2.75, 3.05) is 12.4 Å². The highest BCUT2D eigenvalue weighted by Crippen LogP contribution is 2.29. The number of hydrogen-bond donors (Lipinski definition) is 2. The van der Waals surface area contributed by atoms with Crippen LogP contribution >= 0.6 is 11.8 Å². The summed E-state index contributed by atoms with van der Waals surface area (Å²) >= 11 is 1.18. The number of carbonyl (C=O) groups excluding carboxylic acids is 1. The van der Waals surface area contributed by atoms with Gasteiger partial charge in [0.15, 0.2) is 0 Å². The lowest BCUT2D eigenvalue weighted by Gasteiger charge is -2.27. The molecule has 2 rings (SSSR count). The molecule has 1 saturated carbocycles. The Hall–Kier alpha value is -1.07. The predicted octanol–water partition coefficient (Wildman–Crippen LogP) is 2.34. The molecular formula is C14H18FNO2S. The van der Waals surface area contributed by atoms with E-state index in [0.29, 0.717) is 4.90 Å². The van der Waals surface area contributed by atoms with E-state index in [4.69, 9.17) is 0 Å². The van der Waals surface area contributed by atoms with Gasteiger partial charge in [0, 0.05) is 4.90 Å². The first-order valence-electron chi connectivity index (χ1n) is 6.44. The van der Waals surface area contributed by atoms with E-state index in [1.807, 2.05) is 0 Å². The molecule has 5 heteroatoms. The molecule has 1 fully saturated rings. The molecule has 3 nitrogen and oxygen atoms in total. The van der Waals surface area contributed by atoms with Crippen LogP contribution in [0.15, 0.2) is 29.2 Å². The Kier molecular flexibility index (Phi) is 4.82. The van der Waals surface area contributed by atoms with E-state index in [1.165, 1.54) is 17.8 Å². The minimum absolute atomic E-state index is 0.0247. The van der Waals surface area contributed by atoms with E-state index < -0.39 is 5.54 Å². The van der Waals surface area contributed by atoms with Gasteiger partial charge in [-0.15, -0.1) is 11.8 Å². The number of aliphatic hydroxyl groups is 1. The fourth-order valence-electron chi connectivity index (χ4n) is 2.41. The normalized spacial score (nSPS) is 17.4. The van der Waals surface area contributed by atoms with Crippen molar-refractivity contribution in [3.8, 4) is 0 Å². The minimum atomic E-state index is -0.452. The first kappa shape index (κ1) is 14.3. The number of amides is 1. The molecule has 104 valence electrons. The van der Waals surface area contributed by atoms with Gasteiger partial charge in [0.1, 0.15) is 5.82 Å². The van der Waals surface area contributed by atoms with Crippen molar-refractivity contribution in [2.24, 2.45) is 0 Å². The first-order valence-corrected chi connectivity index (χ1v) is 7.43. The molecule has 1 aliphatic rings. The van der Waals surface area contributed by atoms with E-state index in [0.717, 1.165) is 25.7 Å². The smallest absolute Gasteiger partial charge is 0.230 e. The first-order chi connectivity index (χ1) is 9.15. The Morgan fingerprint density at radius 1 is 1.37 bits per heavy atom. The molecule has 0 spiro atoms. The van der Waals surface area contributed by atoms with Crippen LogP contribution in [0.25, 0.3) is 0 Å². The number of carbonyl (C=O) groups is 1. The average Bonchev–Trinajstić information content (AvgIpc) is 2.87. The summed E-state index contributed by atoms with van der Waals surface area (Å²) in [5.74, 6) is -0.287. The Balaban J connectivity index is 1.86. The zero-order valence-corrected chi connectivity index (χ0v) is 11.5. The van der Waals surface area contributed by atoms with Crippen molar-refractivity contribution < 1.29 is 14.3 Å². The maximum Gasteiger partial charge on any atom is 0.230 e. The van der Waals surface area contributed by atoms with E-state index in [1.54, 1.807) is 18.2 Å². The van der Waals surface area contributed by atoms with Gasteiger partial charge >= 0.3 is 0 Å². The standard InChI is InChI=1S/C14H18FNO2S/c15-11-5-1-2-6-12(11)19-9-13(18)16-14(10-17)7-3-4-8-14/h1-2,5-6,17H,3-4,7-10H2,(H,16,18). The van der Waals surface area contributed by atoms with Crippen LogP contribution in [-0.2, 0) is 4.79 Å². The van der Waals surface area contributed by atoms with Crippen LogP contribution in [0.1, 0.15) is 25.7 Å². The Morgan fingerprint density at radius 3 is 2.68 bits per heavy atom. The van der Waals surface area contributed by atoms with Gasteiger partial charge in [-0.3, -0.25) is 4.79 Å². The summed E-state index contributed by atoms with van der Waals surface area (Å²) in [5, 5.41) is 12.3. The van der Waals surface area contributed by atoms with Gasteiger partial charge in [0.05, 0.1) is 17.9 Å². The topological polar surface area (TPSA) is 49.3 Å². The third kappa shape index (κ3) is 3.70. The molecular weight excluding hydrogens is 265 g/mol. The summed E-state index contributed by atoms with van der Waals surface area (Å²) in [6.07, 6.45) is 3.70. The molecule has 0 aromatic heterocycles. The lowest BCUT2D eigenvalue weighted by atomic mass is 9.99. The van der Waals surface area contributed by atoms with Crippen LogP contribution in [0, 0.1) is 5.82 Å². The SMILES string of the molecule is O=C(CSc1ccccc1F)NC1(CO)CCCC1. The highest BCUT2D eigenvalue weighted by molar-refractivity contribution is 8.00. The monoisotopic (exact) mass is 283 g/mol. The van der Waals surface area contributed by atoms with Crippen molar-refractivity contribution in [2.45, 2.75) is 36.1 Å². The van der Waals surface area contributed by atoms with Gasteiger partial charge in [-0.05, 0) is 25.0 Å². The Morgan fingerprint density at radius 2 is 2.05 bits per heavy atom. The molecule has 0 radical (unpaired) electrons. The summed E-state index contributed by atoms with van der Waals surface area (Å²) < 4.78 is 13.4. The van der Waals surface area contributed by atoms with Crippen molar-refractivity contribution in [1.82, 2.24) is 5.32 Å². The van der Waals surface area contributed by atoms with Crippen molar-refractivity contribution >= 4 is 17.7 Å². The van der Waals surface area contributed by atoms with Gasteiger partial charge in [-0.25, -0.2) is 4.39 Å². The fraction of sp³-hybridized carbons (Fsp3) is 0.500. The summed E-state index contributed by atoms with van der Waals surface area (Å²) in [6.45, 7) is -0.0247. The molecule has 0 aliphatic heterocycles. The Labute approximate surface area is 116 Å². The summed E-state index contributed by atoms with van der Waals surface area (Å²) in [4.78, 5) is 12.4. The summed E-state index contributed by atoms with van der Waals surface area (Å²) in [5.41, 5.74) is -0.452. The minimum Gasteiger partial charge on any atom is -0.394 e. The van der Waals surface area contributed by atoms with E-state index in [9.17, 15) is 14.3 Å². The van der Waals surface area contributed by atoms with Crippen LogP contribution < -0.4 is 5.32 Å². The Bertz CT molecular complexity index is 447. The van der Waals surface area contributed by atoms with Crippen molar-refractivity contribution in [1.29, 1.82) is 0 Å². The third-order valence-corrected chi connectivity index (χ3v) is 4.51. The van der Waals surface area contributed by atoms with Crippen LogP contribution in [0.3, 0.4) is 0 Å². The average molecular weight is 283 g/mol. The molecule has 0 unspecified atom stereocenters. The lowest BCUT2D eigenvalue weighted by molar-refractivity contribution is -0.121. The molecule has 1 aliphatic carbocycles. The zero-order chi connectivity index (χ0) is 13.7. The van der Waals surface area contributed by atoms with Crippen molar-refractivity contribution in [3.63, 3.8) is 0 Å². The van der Waals surface area contributed by atoms with Gasteiger partial charge in [-0.1, -0.05) is 25.0 Å². The predicted molar refractivity (Wildman–Crippen MR) is 73.6 cm³/mol. The second-order valence-corrected chi connectivity index (χ2v) is 5.93. The molecule has 19 heavy (non-hydrogen) atoms. The molecule has 2 N–H and O–H groups in total. The molecule has 0 bridgehead atoms. The van der Waals surface area contributed by atoms with Crippen LogP contribution in [0.4, 0.5) is 4.39 Å². The molecule has 0 heterocycles. The van der Waals surface area contributed by atoms with E-state index in [2.05, 4.69) is 5.32 Å². The van der Waals surface area contributed by atoms with Gasteiger partial charge < -0.3 is 10.4 Å². The number of hydrogen-bond acceptors (Lipinski definition) is 3. The summed E-state index contributed by atoms with van der Waals surface area (Å²) in [7, 11) is 0. The van der Waals surface area contributed by atoms with Crippen LogP contribution in [0.2, 0.25) is 0 Å². The number of nitrogens with one attached hydrogen (secondary N) is 1. The molecule has 0 saturated heterocycles. The molecule has 0 atom stereocenters. The number of benzene rings is 1. The molecule has 1 amide bonds. The zero-order valence-electron chi connectivity index (χ0n) is 10.7. The third-order valence-electron chi connectivity index (χ3n) is 3.46. The quantitative estimate of drug-likeness (QED) is 0.816. The second-order valence-electron chi connectivity index (χ2n) is 4.91. The lowest BCUT2D eigenvalue weighted by Crippen LogP contribution is -2.49. The largest absolute Gasteiger partial charge is 0.394 e. The van der Waals surface area contributed by atoms with E-state index in [-0.39, 0.29) is 24.1 Å². The second kappa shape index (κ2) is 6.39. The fourth-order valence-corrected chi connectivity index (χ4v) is 3.15. The van der Waals surface area contributed by atoms with E-state index >= 15 is 0 Å². The highest BCUT2D eigenvalue weighted by Gasteiger charge is 2.34. The highest BCUT2D eigenvalue weighted by atomic mass is 32.2. The maximum absolute atomic E-state index is 13.4. The molecule has 1 aromatic carbocycles. The van der Waals surface area contributed by atoms with Crippen LogP contribution in [-0.4, -0.2) is 28.9 Å². The van der Waals surface area contributed by atoms with Gasteiger partial charge in [0.25, 0.3) is 0 Å². The maximum atomic E-state index is 13.4. The number of rotatable bonds is 5. The van der Waals surface area contributed by atoms with Crippen LogP contribution in [0.5, 0.6) is 0 Å². The number of aliphatic hydroxyl groups excluding tert-OH is 1. The molecule has 1 aromatic rings. The van der Waals surface area contributed by atoms with Gasteiger partial charge in [-0.2, -0.15) is 0 Å². The number of thioether (sulfide) groups is 1. The van der Waals surface area contributed by atoms with Crippen molar-refractivity contribution in [3.05, 3.63) is 30.1 Å². The summed E-state index contributed by atoms with van der Waals surface area (Å²) in [6, 6.07) is 6.41. The number of halogens is 1. The van der Waals surface area contributed by atoms with Gasteiger partial charge in [0.2, 0.25) is 5.91 Å².